The van der Waals surface area contributed by atoms with Gasteiger partial charge in [0.05, 0.1) is 0 Å². The summed E-state index contributed by atoms with van der Waals surface area (Å²) in [4.78, 5) is 21.7. The summed E-state index contributed by atoms with van der Waals surface area (Å²) >= 11 is 6.03. The minimum absolute atomic E-state index is 0.0518. The number of aryl methyl sites for hydroxylation is 1. The summed E-state index contributed by atoms with van der Waals surface area (Å²) in [5, 5.41) is 0.644. The molecule has 30 heavy (non-hydrogen) atoms. The second kappa shape index (κ2) is 9.28. The van der Waals surface area contributed by atoms with Gasteiger partial charge in [-0.2, -0.15) is 0 Å². The molecule has 0 N–H and O–H groups in total. The number of aromatic nitrogens is 1. The quantitative estimate of drug-likeness (QED) is 0.594. The highest BCUT2D eigenvalue weighted by Gasteiger charge is 2.25. The first-order valence-corrected chi connectivity index (χ1v) is 10.4. The molecule has 3 aromatic rings. The number of amides is 1. The number of carbonyl (C=O) groups is 1. The van der Waals surface area contributed by atoms with E-state index in [1.807, 2.05) is 24.0 Å². The van der Waals surface area contributed by atoms with Gasteiger partial charge in [0.15, 0.2) is 0 Å². The Morgan fingerprint density at radius 1 is 1.03 bits per heavy atom. The third-order valence-electron chi connectivity index (χ3n) is 5.25. The maximum Gasteiger partial charge on any atom is 0.259 e. The standard InChI is InChI=1S/C24H24ClN3O2/c1-18-16-20(25)9-10-22(18)30-23-21(8-5-11-26-23)24(29)28-14-12-27(13-15-28)17-19-6-3-2-4-7-19/h2-11,16H,12-15,17H2,1H3. The normalized spacial score (nSPS) is 14.5. The number of carbonyl (C=O) groups excluding carboxylic acids is 1. The number of pyridine rings is 1. The Morgan fingerprint density at radius 2 is 1.80 bits per heavy atom. The van der Waals surface area contributed by atoms with Crippen LogP contribution in [0.4, 0.5) is 0 Å². The van der Waals surface area contributed by atoms with E-state index >= 15 is 0 Å². The molecule has 154 valence electrons. The smallest absolute Gasteiger partial charge is 0.259 e. The van der Waals surface area contributed by atoms with Crippen molar-refractivity contribution < 1.29 is 9.53 Å². The minimum atomic E-state index is -0.0518. The third kappa shape index (κ3) is 4.81. The van der Waals surface area contributed by atoms with Crippen molar-refractivity contribution in [2.45, 2.75) is 13.5 Å². The summed E-state index contributed by atoms with van der Waals surface area (Å²) in [6.45, 7) is 5.86. The minimum Gasteiger partial charge on any atom is -0.438 e. The van der Waals surface area contributed by atoms with Crippen molar-refractivity contribution in [3.63, 3.8) is 0 Å². The fourth-order valence-corrected chi connectivity index (χ4v) is 3.81. The average Bonchev–Trinajstić information content (AvgIpc) is 2.77. The Kier molecular flexibility index (Phi) is 6.31. The van der Waals surface area contributed by atoms with Crippen molar-refractivity contribution in [3.8, 4) is 11.6 Å². The SMILES string of the molecule is Cc1cc(Cl)ccc1Oc1ncccc1C(=O)N1CCN(Cc2ccccc2)CC1. The van der Waals surface area contributed by atoms with Gasteiger partial charge >= 0.3 is 0 Å². The van der Waals surface area contributed by atoms with E-state index < -0.39 is 0 Å². The van der Waals surface area contributed by atoms with Crippen molar-refractivity contribution in [1.29, 1.82) is 0 Å². The van der Waals surface area contributed by atoms with Crippen LogP contribution in [0.1, 0.15) is 21.5 Å². The fourth-order valence-electron chi connectivity index (χ4n) is 3.59. The Labute approximate surface area is 181 Å². The number of nitrogens with zero attached hydrogens (tertiary/aromatic N) is 3. The Bertz CT molecular complexity index is 1020. The van der Waals surface area contributed by atoms with Crippen LogP contribution >= 0.6 is 11.6 Å². The topological polar surface area (TPSA) is 45.7 Å². The highest BCUT2D eigenvalue weighted by molar-refractivity contribution is 6.30. The number of halogens is 1. The van der Waals surface area contributed by atoms with E-state index in [9.17, 15) is 4.79 Å². The Hall–Kier alpha value is -2.89. The van der Waals surface area contributed by atoms with Crippen LogP contribution in [-0.2, 0) is 6.54 Å². The van der Waals surface area contributed by atoms with Crippen LogP contribution in [0.3, 0.4) is 0 Å². The number of rotatable bonds is 5. The molecule has 2 aromatic carbocycles. The van der Waals surface area contributed by atoms with Crippen LogP contribution in [0.5, 0.6) is 11.6 Å². The molecule has 0 bridgehead atoms. The van der Waals surface area contributed by atoms with Crippen LogP contribution in [0.25, 0.3) is 0 Å². The van der Waals surface area contributed by atoms with E-state index in [2.05, 4.69) is 34.1 Å². The van der Waals surface area contributed by atoms with Crippen LogP contribution in [0.15, 0.2) is 66.9 Å². The first-order valence-electron chi connectivity index (χ1n) is 10.0. The number of hydrogen-bond donors (Lipinski definition) is 0. The first-order chi connectivity index (χ1) is 14.6. The second-order valence-corrected chi connectivity index (χ2v) is 7.86. The third-order valence-corrected chi connectivity index (χ3v) is 5.49. The highest BCUT2D eigenvalue weighted by Crippen LogP contribution is 2.29. The lowest BCUT2D eigenvalue weighted by Gasteiger charge is -2.35. The van der Waals surface area contributed by atoms with E-state index in [-0.39, 0.29) is 5.91 Å². The molecule has 5 nitrogen and oxygen atoms in total. The Morgan fingerprint density at radius 3 is 2.53 bits per heavy atom. The molecule has 0 atom stereocenters. The van der Waals surface area contributed by atoms with Gasteiger partial charge in [-0.15, -0.1) is 0 Å². The van der Waals surface area contributed by atoms with Crippen LogP contribution in [0.2, 0.25) is 5.02 Å². The monoisotopic (exact) mass is 421 g/mol. The number of benzene rings is 2. The average molecular weight is 422 g/mol. The van der Waals surface area contributed by atoms with Crippen molar-refractivity contribution in [3.05, 3.63) is 88.6 Å². The van der Waals surface area contributed by atoms with Crippen LogP contribution < -0.4 is 4.74 Å². The van der Waals surface area contributed by atoms with Gasteiger partial charge < -0.3 is 9.64 Å². The molecule has 0 aliphatic carbocycles. The number of hydrogen-bond acceptors (Lipinski definition) is 4. The number of ether oxygens (including phenoxy) is 1. The lowest BCUT2D eigenvalue weighted by atomic mass is 10.1. The van der Waals surface area contributed by atoms with Gasteiger partial charge in [-0.25, -0.2) is 4.98 Å². The molecular weight excluding hydrogens is 398 g/mol. The molecule has 6 heteroatoms. The summed E-state index contributed by atoms with van der Waals surface area (Å²) in [6.07, 6.45) is 1.63. The van der Waals surface area contributed by atoms with E-state index in [1.54, 1.807) is 30.5 Å². The fraction of sp³-hybridized carbons (Fsp3) is 0.250. The maximum absolute atomic E-state index is 13.2. The summed E-state index contributed by atoms with van der Waals surface area (Å²) in [5.41, 5.74) is 2.66. The summed E-state index contributed by atoms with van der Waals surface area (Å²) < 4.78 is 5.98. The molecule has 1 aromatic heterocycles. The van der Waals surface area contributed by atoms with Gasteiger partial charge in [-0.05, 0) is 48.4 Å². The van der Waals surface area contributed by atoms with Gasteiger partial charge in [0, 0.05) is 43.9 Å². The molecular formula is C24H24ClN3O2. The van der Waals surface area contributed by atoms with Gasteiger partial charge in [-0.1, -0.05) is 41.9 Å². The van der Waals surface area contributed by atoms with E-state index in [0.717, 1.165) is 25.2 Å². The molecule has 1 aliphatic rings. The van der Waals surface area contributed by atoms with Crippen molar-refractivity contribution in [2.75, 3.05) is 26.2 Å². The van der Waals surface area contributed by atoms with Crippen molar-refractivity contribution in [1.82, 2.24) is 14.8 Å². The van der Waals surface area contributed by atoms with Crippen molar-refractivity contribution >= 4 is 17.5 Å². The molecule has 0 spiro atoms. The molecule has 0 saturated carbocycles. The summed E-state index contributed by atoms with van der Waals surface area (Å²) in [7, 11) is 0. The van der Waals surface area contributed by atoms with Gasteiger partial charge in [0.1, 0.15) is 11.3 Å². The molecule has 0 radical (unpaired) electrons. The maximum atomic E-state index is 13.2. The van der Waals surface area contributed by atoms with Crippen LogP contribution in [0, 0.1) is 6.92 Å². The molecule has 1 fully saturated rings. The Balaban J connectivity index is 1.43. The lowest BCUT2D eigenvalue weighted by Crippen LogP contribution is -2.48. The predicted octanol–water partition coefficient (Wildman–Crippen LogP) is 4.79. The number of piperazine rings is 1. The van der Waals surface area contributed by atoms with Crippen molar-refractivity contribution in [2.24, 2.45) is 0 Å². The van der Waals surface area contributed by atoms with Crippen LogP contribution in [-0.4, -0.2) is 46.9 Å². The molecule has 4 rings (SSSR count). The molecule has 0 unspecified atom stereocenters. The molecule has 1 aliphatic heterocycles. The summed E-state index contributed by atoms with van der Waals surface area (Å²) in [5.74, 6) is 0.906. The zero-order valence-corrected chi connectivity index (χ0v) is 17.7. The molecule has 2 heterocycles. The van der Waals surface area contributed by atoms with E-state index in [4.69, 9.17) is 16.3 Å². The second-order valence-electron chi connectivity index (χ2n) is 7.42. The van der Waals surface area contributed by atoms with Gasteiger partial charge in [-0.3, -0.25) is 9.69 Å². The van der Waals surface area contributed by atoms with E-state index in [0.29, 0.717) is 35.3 Å². The van der Waals surface area contributed by atoms with Gasteiger partial charge in [0.2, 0.25) is 5.88 Å². The molecule has 1 saturated heterocycles. The first kappa shape index (κ1) is 20.4. The van der Waals surface area contributed by atoms with Gasteiger partial charge in [0.25, 0.3) is 5.91 Å². The zero-order chi connectivity index (χ0) is 20.9. The zero-order valence-electron chi connectivity index (χ0n) is 16.9. The summed E-state index contributed by atoms with van der Waals surface area (Å²) in [6, 6.07) is 19.3. The predicted molar refractivity (Wildman–Crippen MR) is 118 cm³/mol. The van der Waals surface area contributed by atoms with E-state index in [1.165, 1.54) is 5.56 Å². The lowest BCUT2D eigenvalue weighted by molar-refractivity contribution is 0.0625. The molecule has 1 amide bonds. The highest BCUT2D eigenvalue weighted by atomic mass is 35.5. The largest absolute Gasteiger partial charge is 0.438 e.